The molecule has 0 spiro atoms. The molecular formula is C23H23FN2O4S2. The van der Waals surface area contributed by atoms with E-state index in [4.69, 9.17) is 4.74 Å². The molecule has 9 heteroatoms. The normalized spacial score (nSPS) is 14.4. The highest BCUT2D eigenvalue weighted by atomic mass is 32.2. The molecule has 4 rings (SSSR count). The summed E-state index contributed by atoms with van der Waals surface area (Å²) in [4.78, 5) is 13.0. The predicted octanol–water partition coefficient (Wildman–Crippen LogP) is 4.32. The van der Waals surface area contributed by atoms with Crippen LogP contribution in [0.15, 0.2) is 64.9 Å². The second-order valence-corrected chi connectivity index (χ2v) is 10.8. The molecule has 1 amide bonds. The third-order valence-electron chi connectivity index (χ3n) is 5.09. The van der Waals surface area contributed by atoms with Crippen molar-refractivity contribution in [3.05, 3.63) is 76.9 Å². The van der Waals surface area contributed by atoms with Crippen LogP contribution in [0.3, 0.4) is 0 Å². The fraction of sp³-hybridized carbons (Fsp3) is 0.261. The van der Waals surface area contributed by atoms with Crippen molar-refractivity contribution < 1.29 is 22.3 Å². The molecular weight excluding hydrogens is 451 g/mol. The molecule has 168 valence electrons. The Kier molecular flexibility index (Phi) is 6.88. The number of carbonyl (C=O) groups excluding carboxylic acids is 1. The quantitative estimate of drug-likeness (QED) is 0.528. The molecule has 1 fully saturated rings. The van der Waals surface area contributed by atoms with E-state index in [1.807, 2.05) is 12.1 Å². The van der Waals surface area contributed by atoms with E-state index in [1.165, 1.54) is 16.4 Å². The van der Waals surface area contributed by atoms with E-state index in [1.54, 1.807) is 36.4 Å². The van der Waals surface area contributed by atoms with Crippen LogP contribution in [0.5, 0.6) is 11.5 Å². The van der Waals surface area contributed by atoms with Crippen LogP contribution in [0.25, 0.3) is 0 Å². The van der Waals surface area contributed by atoms with Gasteiger partial charge in [0.25, 0.3) is 10.0 Å². The van der Waals surface area contributed by atoms with Crippen LogP contribution in [0.2, 0.25) is 0 Å². The fourth-order valence-electron chi connectivity index (χ4n) is 3.38. The first-order valence-electron chi connectivity index (χ1n) is 10.3. The van der Waals surface area contributed by atoms with Gasteiger partial charge in [0.2, 0.25) is 5.91 Å². The number of rotatable bonds is 8. The number of nitrogens with zero attached hydrogens (tertiary/aromatic N) is 1. The molecule has 6 nitrogen and oxygen atoms in total. The van der Waals surface area contributed by atoms with E-state index < -0.39 is 10.0 Å². The topological polar surface area (TPSA) is 75.7 Å². The molecule has 2 heterocycles. The molecule has 0 unspecified atom stereocenters. The lowest BCUT2D eigenvalue weighted by molar-refractivity contribution is -0.120. The molecule has 1 saturated heterocycles. The lowest BCUT2D eigenvalue weighted by atomic mass is 10.2. The molecule has 1 aromatic heterocycles. The molecule has 0 aliphatic carbocycles. The molecule has 32 heavy (non-hydrogen) atoms. The van der Waals surface area contributed by atoms with Gasteiger partial charge in [-0.15, -0.1) is 11.3 Å². The SMILES string of the molecule is O=C(Cc1ccc(S(=O)(=O)N2CCCC2)s1)NCc1ccc(Oc2ccc(F)cc2)cc1. The summed E-state index contributed by atoms with van der Waals surface area (Å²) in [5.41, 5.74) is 0.897. The number of hydrogen-bond acceptors (Lipinski definition) is 5. The predicted molar refractivity (Wildman–Crippen MR) is 121 cm³/mol. The lowest BCUT2D eigenvalue weighted by Crippen LogP contribution is -2.27. The van der Waals surface area contributed by atoms with E-state index in [9.17, 15) is 17.6 Å². The van der Waals surface area contributed by atoms with Crippen LogP contribution < -0.4 is 10.1 Å². The van der Waals surface area contributed by atoms with Crippen LogP contribution in [-0.4, -0.2) is 31.7 Å². The second-order valence-electron chi connectivity index (χ2n) is 7.49. The van der Waals surface area contributed by atoms with Gasteiger partial charge in [0.15, 0.2) is 0 Å². The Balaban J connectivity index is 1.28. The molecule has 1 aliphatic rings. The summed E-state index contributed by atoms with van der Waals surface area (Å²) in [6, 6.07) is 16.3. The van der Waals surface area contributed by atoms with Crippen molar-refractivity contribution in [3.8, 4) is 11.5 Å². The summed E-state index contributed by atoms with van der Waals surface area (Å²) < 4.78 is 45.6. The first-order chi connectivity index (χ1) is 15.4. The Bertz CT molecular complexity index is 1170. The van der Waals surface area contributed by atoms with E-state index in [0.29, 0.717) is 40.2 Å². The Hall–Kier alpha value is -2.75. The molecule has 1 aliphatic heterocycles. The van der Waals surface area contributed by atoms with Gasteiger partial charge in [0.05, 0.1) is 6.42 Å². The highest BCUT2D eigenvalue weighted by molar-refractivity contribution is 7.91. The monoisotopic (exact) mass is 474 g/mol. The van der Waals surface area contributed by atoms with Crippen LogP contribution in [0, 0.1) is 5.82 Å². The maximum absolute atomic E-state index is 13.0. The van der Waals surface area contributed by atoms with Crippen molar-refractivity contribution in [3.63, 3.8) is 0 Å². The largest absolute Gasteiger partial charge is 0.457 e. The number of sulfonamides is 1. The minimum absolute atomic E-state index is 0.131. The Labute approximate surface area is 190 Å². The van der Waals surface area contributed by atoms with Crippen molar-refractivity contribution in [2.75, 3.05) is 13.1 Å². The van der Waals surface area contributed by atoms with Gasteiger partial charge in [-0.2, -0.15) is 4.31 Å². The van der Waals surface area contributed by atoms with Gasteiger partial charge < -0.3 is 10.1 Å². The van der Waals surface area contributed by atoms with Crippen molar-refractivity contribution in [1.29, 1.82) is 0 Å². The third kappa shape index (κ3) is 5.53. The average Bonchev–Trinajstić information content (AvgIpc) is 3.48. The molecule has 2 aromatic carbocycles. The summed E-state index contributed by atoms with van der Waals surface area (Å²) in [6.45, 7) is 1.47. The van der Waals surface area contributed by atoms with Crippen molar-refractivity contribution in [2.45, 2.75) is 30.0 Å². The number of nitrogens with one attached hydrogen (secondary N) is 1. The maximum Gasteiger partial charge on any atom is 0.252 e. The summed E-state index contributed by atoms with van der Waals surface area (Å²) in [5.74, 6) is 0.644. The summed E-state index contributed by atoms with van der Waals surface area (Å²) in [5, 5.41) is 2.85. The number of amides is 1. The first kappa shape index (κ1) is 22.4. The number of hydrogen-bond donors (Lipinski definition) is 1. The minimum atomic E-state index is -3.45. The number of carbonyl (C=O) groups is 1. The smallest absolute Gasteiger partial charge is 0.252 e. The van der Waals surface area contributed by atoms with Crippen molar-refractivity contribution in [1.82, 2.24) is 9.62 Å². The van der Waals surface area contributed by atoms with Gasteiger partial charge in [0, 0.05) is 24.5 Å². The van der Waals surface area contributed by atoms with Gasteiger partial charge in [-0.1, -0.05) is 12.1 Å². The molecule has 0 atom stereocenters. The van der Waals surface area contributed by atoms with E-state index >= 15 is 0 Å². The van der Waals surface area contributed by atoms with Crippen LogP contribution >= 0.6 is 11.3 Å². The number of halogens is 1. The van der Waals surface area contributed by atoms with E-state index in [0.717, 1.165) is 29.7 Å². The van der Waals surface area contributed by atoms with Crippen LogP contribution in [0.1, 0.15) is 23.3 Å². The second kappa shape index (κ2) is 9.81. The zero-order valence-electron chi connectivity index (χ0n) is 17.3. The fourth-order valence-corrected chi connectivity index (χ4v) is 6.41. The zero-order valence-corrected chi connectivity index (χ0v) is 18.9. The molecule has 3 aromatic rings. The van der Waals surface area contributed by atoms with E-state index in [2.05, 4.69) is 5.32 Å². The van der Waals surface area contributed by atoms with Gasteiger partial charge in [-0.05, 0) is 66.9 Å². The summed E-state index contributed by atoms with van der Waals surface area (Å²) in [7, 11) is -3.45. The number of ether oxygens (including phenoxy) is 1. The molecule has 1 N–H and O–H groups in total. The van der Waals surface area contributed by atoms with Gasteiger partial charge in [-0.3, -0.25) is 4.79 Å². The van der Waals surface area contributed by atoms with Crippen molar-refractivity contribution >= 4 is 27.3 Å². The molecule has 0 bridgehead atoms. The summed E-state index contributed by atoms with van der Waals surface area (Å²) >= 11 is 1.15. The third-order valence-corrected chi connectivity index (χ3v) is 8.54. The minimum Gasteiger partial charge on any atom is -0.457 e. The van der Waals surface area contributed by atoms with Crippen molar-refractivity contribution in [2.24, 2.45) is 0 Å². The number of thiophene rings is 1. The Morgan fingerprint density at radius 3 is 2.25 bits per heavy atom. The number of benzene rings is 2. The summed E-state index contributed by atoms with van der Waals surface area (Å²) in [6.07, 6.45) is 1.91. The average molecular weight is 475 g/mol. The maximum atomic E-state index is 13.0. The lowest BCUT2D eigenvalue weighted by Gasteiger charge is -2.13. The standard InChI is InChI=1S/C23H23FN2O4S2/c24-18-5-9-20(10-6-18)30-19-7-3-17(4-8-19)16-25-22(27)15-21-11-12-23(31-21)32(28,29)26-13-1-2-14-26/h3-12H,1-2,13-16H2,(H,25,27). The van der Waals surface area contributed by atoms with Gasteiger partial charge >= 0.3 is 0 Å². The van der Waals surface area contributed by atoms with Gasteiger partial charge in [-0.25, -0.2) is 12.8 Å². The Morgan fingerprint density at radius 1 is 0.969 bits per heavy atom. The zero-order chi connectivity index (χ0) is 22.6. The van der Waals surface area contributed by atoms with Crippen LogP contribution in [0.4, 0.5) is 4.39 Å². The van der Waals surface area contributed by atoms with Crippen LogP contribution in [-0.2, 0) is 27.8 Å². The first-order valence-corrected chi connectivity index (χ1v) is 12.5. The highest BCUT2D eigenvalue weighted by Crippen LogP contribution is 2.27. The Morgan fingerprint density at radius 2 is 1.59 bits per heavy atom. The van der Waals surface area contributed by atoms with E-state index in [-0.39, 0.29) is 18.1 Å². The van der Waals surface area contributed by atoms with Gasteiger partial charge in [0.1, 0.15) is 21.5 Å². The highest BCUT2D eigenvalue weighted by Gasteiger charge is 2.28. The molecule has 0 saturated carbocycles. The molecule has 0 radical (unpaired) electrons.